The molecule has 0 saturated carbocycles. The number of ether oxygens (including phenoxy) is 2. The van der Waals surface area contributed by atoms with Gasteiger partial charge in [0.1, 0.15) is 23.0 Å². The lowest BCUT2D eigenvalue weighted by atomic mass is 10.2. The minimum absolute atomic E-state index is 0.146. The highest BCUT2D eigenvalue weighted by atomic mass is 35.5. The van der Waals surface area contributed by atoms with Crippen molar-refractivity contribution in [3.05, 3.63) is 70.7 Å². The van der Waals surface area contributed by atoms with E-state index < -0.39 is 11.9 Å². The van der Waals surface area contributed by atoms with Crippen LogP contribution in [0.1, 0.15) is 20.7 Å². The van der Waals surface area contributed by atoms with Crippen molar-refractivity contribution in [2.45, 2.75) is 0 Å². The van der Waals surface area contributed by atoms with Crippen molar-refractivity contribution in [1.29, 1.82) is 0 Å². The number of phenols is 4. The Balaban J connectivity index is 1.87. The lowest BCUT2D eigenvalue weighted by Gasteiger charge is -2.11. The molecule has 0 aliphatic heterocycles. The van der Waals surface area contributed by atoms with Gasteiger partial charge in [0.15, 0.2) is 11.5 Å². The second-order valence-electron chi connectivity index (χ2n) is 5.85. The Bertz CT molecular complexity index is 1070. The van der Waals surface area contributed by atoms with Crippen molar-refractivity contribution in [2.75, 3.05) is 0 Å². The summed E-state index contributed by atoms with van der Waals surface area (Å²) in [6.07, 6.45) is 0. The first-order valence-corrected chi connectivity index (χ1v) is 8.39. The Morgan fingerprint density at radius 3 is 1.48 bits per heavy atom. The average molecular weight is 417 g/mol. The van der Waals surface area contributed by atoms with Gasteiger partial charge in [-0.25, -0.2) is 9.59 Å². The fourth-order valence-electron chi connectivity index (χ4n) is 2.39. The third-order valence-corrected chi connectivity index (χ3v) is 3.82. The number of benzene rings is 3. The Kier molecular flexibility index (Phi) is 5.47. The zero-order valence-corrected chi connectivity index (χ0v) is 15.3. The highest BCUT2D eigenvalue weighted by Crippen LogP contribution is 2.33. The molecule has 0 atom stereocenters. The van der Waals surface area contributed by atoms with E-state index >= 15 is 0 Å². The molecule has 0 unspecified atom stereocenters. The van der Waals surface area contributed by atoms with Gasteiger partial charge in [-0.3, -0.25) is 0 Å². The second kappa shape index (κ2) is 7.99. The van der Waals surface area contributed by atoms with Crippen LogP contribution in [0.3, 0.4) is 0 Å². The summed E-state index contributed by atoms with van der Waals surface area (Å²) < 4.78 is 10.4. The van der Waals surface area contributed by atoms with Crippen LogP contribution in [0.25, 0.3) is 0 Å². The van der Waals surface area contributed by atoms with E-state index in [0.717, 1.165) is 36.4 Å². The van der Waals surface area contributed by atoms with E-state index in [0.29, 0.717) is 0 Å². The van der Waals surface area contributed by atoms with Gasteiger partial charge < -0.3 is 29.9 Å². The summed E-state index contributed by atoms with van der Waals surface area (Å²) in [7, 11) is 0. The molecular formula is C20H13ClO8. The van der Waals surface area contributed by atoms with Crippen molar-refractivity contribution in [3.8, 4) is 34.5 Å². The first kappa shape index (κ1) is 19.8. The number of carbonyl (C=O) groups is 2. The van der Waals surface area contributed by atoms with Crippen molar-refractivity contribution in [3.63, 3.8) is 0 Å². The molecule has 0 spiro atoms. The van der Waals surface area contributed by atoms with E-state index in [-0.39, 0.29) is 50.6 Å². The number of phenolic OH excluding ortho intramolecular Hbond substituents is 4. The van der Waals surface area contributed by atoms with Crippen molar-refractivity contribution in [1.82, 2.24) is 0 Å². The van der Waals surface area contributed by atoms with Gasteiger partial charge in [-0.15, -0.1) is 0 Å². The van der Waals surface area contributed by atoms with Gasteiger partial charge in [0.05, 0.1) is 11.1 Å². The smallest absolute Gasteiger partial charge is 0.343 e. The van der Waals surface area contributed by atoms with Crippen LogP contribution in [0, 0.1) is 0 Å². The minimum Gasteiger partial charge on any atom is -0.508 e. The average Bonchev–Trinajstić information content (AvgIpc) is 2.62. The number of hydrogen-bond donors (Lipinski definition) is 4. The summed E-state index contributed by atoms with van der Waals surface area (Å²) >= 11 is 5.91. The van der Waals surface area contributed by atoms with Crippen molar-refractivity contribution >= 4 is 23.5 Å². The molecule has 0 fully saturated rings. The van der Waals surface area contributed by atoms with E-state index in [9.17, 15) is 30.0 Å². The summed E-state index contributed by atoms with van der Waals surface area (Å²) in [6.45, 7) is 0. The molecule has 0 radical (unpaired) electrons. The Labute approximate surface area is 168 Å². The third kappa shape index (κ3) is 4.88. The van der Waals surface area contributed by atoms with E-state index in [1.165, 1.54) is 18.2 Å². The van der Waals surface area contributed by atoms with Crippen LogP contribution in [0.5, 0.6) is 34.5 Å². The Morgan fingerprint density at radius 1 is 0.621 bits per heavy atom. The summed E-state index contributed by atoms with van der Waals surface area (Å²) in [5, 5.41) is 38.2. The SMILES string of the molecule is O=C(Oc1ccc(Cl)cc1OC(=O)c1cc(O)cc(O)c1)c1cc(O)cc(O)c1. The molecule has 0 aliphatic rings. The Morgan fingerprint density at radius 2 is 1.03 bits per heavy atom. The summed E-state index contributed by atoms with van der Waals surface area (Å²) in [5.74, 6) is -3.65. The van der Waals surface area contributed by atoms with Crippen LogP contribution in [0.2, 0.25) is 5.02 Å². The van der Waals surface area contributed by atoms with Gasteiger partial charge in [0.2, 0.25) is 0 Å². The molecule has 0 aromatic heterocycles. The normalized spacial score (nSPS) is 10.4. The highest BCUT2D eigenvalue weighted by molar-refractivity contribution is 6.30. The molecule has 0 saturated heterocycles. The molecule has 8 nitrogen and oxygen atoms in total. The molecule has 3 rings (SSSR count). The van der Waals surface area contributed by atoms with Crippen molar-refractivity contribution in [2.24, 2.45) is 0 Å². The molecule has 9 heteroatoms. The van der Waals surface area contributed by atoms with E-state index in [1.807, 2.05) is 0 Å². The quantitative estimate of drug-likeness (QED) is 0.374. The first-order valence-electron chi connectivity index (χ1n) is 8.01. The number of hydrogen-bond acceptors (Lipinski definition) is 8. The van der Waals surface area contributed by atoms with Crippen molar-refractivity contribution < 1.29 is 39.5 Å². The first-order chi connectivity index (χ1) is 13.7. The lowest BCUT2D eigenvalue weighted by molar-refractivity contribution is 0.0682. The minimum atomic E-state index is -0.953. The molecular weight excluding hydrogens is 404 g/mol. The Hall–Kier alpha value is -3.91. The van der Waals surface area contributed by atoms with Gasteiger partial charge >= 0.3 is 11.9 Å². The monoisotopic (exact) mass is 416 g/mol. The maximum absolute atomic E-state index is 12.3. The van der Waals surface area contributed by atoms with Crippen LogP contribution < -0.4 is 9.47 Å². The van der Waals surface area contributed by atoms with Gasteiger partial charge in [-0.2, -0.15) is 0 Å². The molecule has 148 valence electrons. The van der Waals surface area contributed by atoms with Crippen LogP contribution >= 0.6 is 11.6 Å². The third-order valence-electron chi connectivity index (χ3n) is 3.59. The second-order valence-corrected chi connectivity index (χ2v) is 6.28. The molecule has 0 aliphatic carbocycles. The van der Waals surface area contributed by atoms with E-state index in [4.69, 9.17) is 21.1 Å². The van der Waals surface area contributed by atoms with Crippen LogP contribution in [-0.4, -0.2) is 32.4 Å². The molecule has 0 heterocycles. The molecule has 0 amide bonds. The molecule has 3 aromatic rings. The number of carbonyl (C=O) groups excluding carboxylic acids is 2. The molecule has 29 heavy (non-hydrogen) atoms. The van der Waals surface area contributed by atoms with Gasteiger partial charge in [-0.1, -0.05) is 11.6 Å². The van der Waals surface area contributed by atoms with Crippen LogP contribution in [0.4, 0.5) is 0 Å². The largest absolute Gasteiger partial charge is 0.508 e. The van der Waals surface area contributed by atoms with Crippen LogP contribution in [-0.2, 0) is 0 Å². The van der Waals surface area contributed by atoms with Gasteiger partial charge in [0, 0.05) is 23.2 Å². The van der Waals surface area contributed by atoms with Crippen LogP contribution in [0.15, 0.2) is 54.6 Å². The number of halogens is 1. The summed E-state index contributed by atoms with van der Waals surface area (Å²) in [6, 6.07) is 10.3. The van der Waals surface area contributed by atoms with Gasteiger partial charge in [0.25, 0.3) is 0 Å². The number of rotatable bonds is 4. The van der Waals surface area contributed by atoms with E-state index in [1.54, 1.807) is 0 Å². The highest BCUT2D eigenvalue weighted by Gasteiger charge is 2.18. The predicted octanol–water partition coefficient (Wildman–Crippen LogP) is 3.60. The number of aromatic hydroxyl groups is 4. The maximum Gasteiger partial charge on any atom is 0.343 e. The molecule has 4 N–H and O–H groups in total. The number of esters is 2. The van der Waals surface area contributed by atoms with Gasteiger partial charge in [-0.05, 0) is 36.4 Å². The topological polar surface area (TPSA) is 134 Å². The predicted molar refractivity (Wildman–Crippen MR) is 101 cm³/mol. The zero-order chi connectivity index (χ0) is 21.1. The van der Waals surface area contributed by atoms with E-state index in [2.05, 4.69) is 0 Å². The fourth-order valence-corrected chi connectivity index (χ4v) is 2.55. The summed E-state index contributed by atoms with van der Waals surface area (Å²) in [5.41, 5.74) is -0.301. The molecule has 3 aromatic carbocycles. The zero-order valence-electron chi connectivity index (χ0n) is 14.5. The lowest BCUT2D eigenvalue weighted by Crippen LogP contribution is -2.12. The molecule has 0 bridgehead atoms. The summed E-state index contributed by atoms with van der Waals surface area (Å²) in [4.78, 5) is 24.6. The maximum atomic E-state index is 12.3. The standard InChI is InChI=1S/C20H13ClO8/c21-12-1-2-17(28-19(26)10-3-13(22)8-14(23)4-10)18(7-12)29-20(27)11-5-15(24)9-16(25)6-11/h1-9,22-25H. The fraction of sp³-hybridized carbons (Fsp3) is 0.